The van der Waals surface area contributed by atoms with Gasteiger partial charge >= 0.3 is 0 Å². The molecule has 1 fully saturated rings. The number of hydrogen-bond donors (Lipinski definition) is 0. The molecule has 4 nitrogen and oxygen atoms in total. The summed E-state index contributed by atoms with van der Waals surface area (Å²) in [5.74, 6) is 0. The van der Waals surface area contributed by atoms with E-state index in [1.807, 2.05) is 63.2 Å². The van der Waals surface area contributed by atoms with Gasteiger partial charge in [-0.15, -0.1) is 0 Å². The van der Waals surface area contributed by atoms with Crippen molar-refractivity contribution in [1.82, 2.24) is 4.31 Å². The van der Waals surface area contributed by atoms with Crippen molar-refractivity contribution in [2.75, 3.05) is 13.2 Å². The Morgan fingerprint density at radius 1 is 1.12 bits per heavy atom. The highest BCUT2D eigenvalue weighted by molar-refractivity contribution is 7.89. The monoisotopic (exact) mass is 359 g/mol. The lowest BCUT2D eigenvalue weighted by molar-refractivity contribution is -0.0265. The van der Waals surface area contributed by atoms with Crippen LogP contribution >= 0.6 is 0 Å². The molecule has 5 heteroatoms. The van der Waals surface area contributed by atoms with Crippen molar-refractivity contribution >= 4 is 10.0 Å². The zero-order valence-electron chi connectivity index (χ0n) is 15.0. The molecule has 2 unspecified atom stereocenters. The molecule has 0 N–H and O–H groups in total. The van der Waals surface area contributed by atoms with Crippen LogP contribution in [0.4, 0.5) is 0 Å². The quantitative estimate of drug-likeness (QED) is 0.841. The summed E-state index contributed by atoms with van der Waals surface area (Å²) in [6.45, 7) is 6.52. The summed E-state index contributed by atoms with van der Waals surface area (Å²) < 4.78 is 33.9. The summed E-state index contributed by atoms with van der Waals surface area (Å²) in [6, 6.07) is 15.4. The number of aryl methyl sites for hydroxylation is 2. The van der Waals surface area contributed by atoms with E-state index in [2.05, 4.69) is 0 Å². The van der Waals surface area contributed by atoms with E-state index in [0.29, 0.717) is 24.5 Å². The predicted molar refractivity (Wildman–Crippen MR) is 99.2 cm³/mol. The molecule has 2 aromatic rings. The zero-order chi connectivity index (χ0) is 18.0. The van der Waals surface area contributed by atoms with Gasteiger partial charge in [-0.1, -0.05) is 48.0 Å². The number of sulfonamides is 1. The largest absolute Gasteiger partial charge is 0.375 e. The van der Waals surface area contributed by atoms with E-state index in [1.165, 1.54) is 0 Å². The van der Waals surface area contributed by atoms with Crippen molar-refractivity contribution in [2.45, 2.75) is 44.2 Å². The molecule has 2 atom stereocenters. The van der Waals surface area contributed by atoms with Crippen molar-refractivity contribution in [3.63, 3.8) is 0 Å². The average Bonchev–Trinajstić information content (AvgIpc) is 2.57. The first-order valence-corrected chi connectivity index (χ1v) is 10.1. The molecule has 0 aliphatic carbocycles. The van der Waals surface area contributed by atoms with Crippen molar-refractivity contribution in [3.8, 4) is 0 Å². The number of ether oxygens (including phenoxy) is 1. The van der Waals surface area contributed by atoms with E-state index in [-0.39, 0.29) is 12.1 Å². The predicted octanol–water partition coefficient (Wildman–Crippen LogP) is 3.32. The van der Waals surface area contributed by atoms with Crippen LogP contribution in [0.5, 0.6) is 0 Å². The second kappa shape index (κ2) is 7.28. The van der Waals surface area contributed by atoms with Crippen LogP contribution in [0.25, 0.3) is 0 Å². The summed E-state index contributed by atoms with van der Waals surface area (Å²) >= 11 is 0. The molecule has 1 aliphatic rings. The van der Waals surface area contributed by atoms with Gasteiger partial charge in [0, 0.05) is 12.6 Å². The topological polar surface area (TPSA) is 46.6 Å². The Hall–Kier alpha value is -1.69. The number of hydrogen-bond acceptors (Lipinski definition) is 3. The molecule has 1 heterocycles. The second-order valence-corrected chi connectivity index (χ2v) is 8.70. The third-order valence-electron chi connectivity index (χ3n) is 4.67. The lowest BCUT2D eigenvalue weighted by Crippen LogP contribution is -2.51. The van der Waals surface area contributed by atoms with Crippen LogP contribution in [0.1, 0.15) is 23.6 Å². The van der Waals surface area contributed by atoms with E-state index in [4.69, 9.17) is 4.74 Å². The third-order valence-corrected chi connectivity index (χ3v) is 6.81. The van der Waals surface area contributed by atoms with Gasteiger partial charge in [0.15, 0.2) is 0 Å². The molecule has 1 aliphatic heterocycles. The minimum absolute atomic E-state index is 0.126. The van der Waals surface area contributed by atoms with Gasteiger partial charge in [0.05, 0.1) is 17.6 Å². The van der Waals surface area contributed by atoms with E-state index in [9.17, 15) is 8.42 Å². The Bertz CT molecular complexity index is 833. The number of rotatable bonds is 4. The van der Waals surface area contributed by atoms with E-state index < -0.39 is 10.0 Å². The van der Waals surface area contributed by atoms with Gasteiger partial charge < -0.3 is 4.74 Å². The van der Waals surface area contributed by atoms with Gasteiger partial charge in [0.25, 0.3) is 0 Å². The highest BCUT2D eigenvalue weighted by atomic mass is 32.2. The van der Waals surface area contributed by atoms with Crippen LogP contribution in [0, 0.1) is 13.8 Å². The maximum Gasteiger partial charge on any atom is 0.243 e. The molecule has 0 spiro atoms. The fourth-order valence-electron chi connectivity index (χ4n) is 3.34. The lowest BCUT2D eigenvalue weighted by Gasteiger charge is -2.37. The normalized spacial score (nSPS) is 22.0. The smallest absolute Gasteiger partial charge is 0.243 e. The van der Waals surface area contributed by atoms with E-state index in [1.54, 1.807) is 10.4 Å². The zero-order valence-corrected chi connectivity index (χ0v) is 15.8. The summed E-state index contributed by atoms with van der Waals surface area (Å²) in [5.41, 5.74) is 3.01. The molecule has 0 radical (unpaired) electrons. The third kappa shape index (κ3) is 3.94. The first-order valence-electron chi connectivity index (χ1n) is 8.62. The van der Waals surface area contributed by atoms with Gasteiger partial charge in [-0.05, 0) is 44.4 Å². The Morgan fingerprint density at radius 2 is 1.84 bits per heavy atom. The molecular weight excluding hydrogens is 334 g/mol. The van der Waals surface area contributed by atoms with Crippen molar-refractivity contribution in [2.24, 2.45) is 0 Å². The molecule has 0 amide bonds. The maximum absolute atomic E-state index is 13.2. The summed E-state index contributed by atoms with van der Waals surface area (Å²) in [6.07, 6.45) is 0.589. The molecule has 0 saturated carbocycles. The van der Waals surface area contributed by atoms with Gasteiger partial charge in [0.1, 0.15) is 0 Å². The van der Waals surface area contributed by atoms with Gasteiger partial charge in [0.2, 0.25) is 10.0 Å². The van der Waals surface area contributed by atoms with Crippen LogP contribution < -0.4 is 0 Å². The Balaban J connectivity index is 1.84. The lowest BCUT2D eigenvalue weighted by atomic mass is 10.1. The molecule has 2 aromatic carbocycles. The van der Waals surface area contributed by atoms with Gasteiger partial charge in [-0.3, -0.25) is 0 Å². The number of benzene rings is 2. The van der Waals surface area contributed by atoms with Crippen LogP contribution in [0.3, 0.4) is 0 Å². The first-order chi connectivity index (χ1) is 11.9. The summed E-state index contributed by atoms with van der Waals surface area (Å²) in [7, 11) is -3.53. The molecule has 0 aromatic heterocycles. The van der Waals surface area contributed by atoms with Gasteiger partial charge in [-0.2, -0.15) is 4.31 Å². The van der Waals surface area contributed by atoms with Crippen molar-refractivity contribution < 1.29 is 13.2 Å². The molecule has 0 bridgehead atoms. The van der Waals surface area contributed by atoms with Crippen LogP contribution in [-0.4, -0.2) is 38.0 Å². The Kier molecular flexibility index (Phi) is 5.27. The minimum Gasteiger partial charge on any atom is -0.375 e. The van der Waals surface area contributed by atoms with Crippen molar-refractivity contribution in [3.05, 3.63) is 65.2 Å². The van der Waals surface area contributed by atoms with E-state index >= 15 is 0 Å². The van der Waals surface area contributed by atoms with E-state index in [0.717, 1.165) is 16.7 Å². The molecular formula is C20H25NO3S. The average molecular weight is 359 g/mol. The Labute approximate surface area is 150 Å². The summed E-state index contributed by atoms with van der Waals surface area (Å²) in [5, 5.41) is 0. The molecule has 1 saturated heterocycles. The highest BCUT2D eigenvalue weighted by Gasteiger charge is 2.36. The SMILES string of the molecule is Cc1ccc(S(=O)(=O)N2CC(Cc3ccccc3)OCC2C)c(C)c1. The van der Waals surface area contributed by atoms with Crippen LogP contribution in [0.15, 0.2) is 53.4 Å². The number of nitrogens with zero attached hydrogens (tertiary/aromatic N) is 1. The molecule has 25 heavy (non-hydrogen) atoms. The first kappa shape index (κ1) is 18.1. The standard InChI is InChI=1S/C20H25NO3S/c1-15-9-10-20(16(2)11-15)25(22,23)21-13-19(24-14-17(21)3)12-18-7-5-4-6-8-18/h4-11,17,19H,12-14H2,1-3H3. The fourth-order valence-corrected chi connectivity index (χ4v) is 5.20. The maximum atomic E-state index is 13.2. The van der Waals surface area contributed by atoms with Crippen molar-refractivity contribution in [1.29, 1.82) is 0 Å². The Morgan fingerprint density at radius 3 is 2.52 bits per heavy atom. The minimum atomic E-state index is -3.53. The van der Waals surface area contributed by atoms with Crippen LogP contribution in [-0.2, 0) is 21.2 Å². The fraction of sp³-hybridized carbons (Fsp3) is 0.400. The molecule has 3 rings (SSSR count). The van der Waals surface area contributed by atoms with Gasteiger partial charge in [-0.25, -0.2) is 8.42 Å². The highest BCUT2D eigenvalue weighted by Crippen LogP contribution is 2.26. The van der Waals surface area contributed by atoms with Crippen LogP contribution in [0.2, 0.25) is 0 Å². The molecule has 134 valence electrons. The summed E-state index contributed by atoms with van der Waals surface area (Å²) in [4.78, 5) is 0.394. The number of morpholine rings is 1. The second-order valence-electron chi connectivity index (χ2n) is 6.84.